The fourth-order valence-corrected chi connectivity index (χ4v) is 1.88. The van der Waals surface area contributed by atoms with Crippen molar-refractivity contribution in [3.05, 3.63) is 35.4 Å². The van der Waals surface area contributed by atoms with Gasteiger partial charge < -0.3 is 21.1 Å². The molecule has 1 atom stereocenters. The molecule has 0 bridgehead atoms. The molecule has 0 aliphatic carbocycles. The molecule has 0 aliphatic rings. The molecule has 0 heterocycles. The number of amides is 3. The minimum absolute atomic E-state index is 0.242. The maximum Gasteiger partial charge on any atom is 0.407 e. The number of ether oxygens (including phenoxy) is 1. The molecule has 4 N–H and O–H groups in total. The number of carbonyl (C=O) groups excluding carboxylic acids is 3. The Hall–Kier alpha value is -2.57. The van der Waals surface area contributed by atoms with Crippen LogP contribution < -0.4 is 16.4 Å². The lowest BCUT2D eigenvalue weighted by atomic mass is 10.1. The Morgan fingerprint density at radius 1 is 1.12 bits per heavy atom. The highest BCUT2D eigenvalue weighted by Gasteiger charge is 2.19. The Bertz CT molecular complexity index is 591. The first kappa shape index (κ1) is 19.5. The third-order valence-corrected chi connectivity index (χ3v) is 3.15. The van der Waals surface area contributed by atoms with Gasteiger partial charge in [-0.3, -0.25) is 9.59 Å². The van der Waals surface area contributed by atoms with Gasteiger partial charge in [-0.2, -0.15) is 0 Å². The summed E-state index contributed by atoms with van der Waals surface area (Å²) in [6, 6.07) is 5.80. The van der Waals surface area contributed by atoms with Crippen LogP contribution in [0, 0.1) is 0 Å². The molecule has 0 saturated carbocycles. The van der Waals surface area contributed by atoms with Crippen LogP contribution in [0.3, 0.4) is 0 Å². The molecule has 1 rings (SSSR count). The Kier molecular flexibility index (Phi) is 6.76. The van der Waals surface area contributed by atoms with Crippen LogP contribution >= 0.6 is 0 Å². The van der Waals surface area contributed by atoms with E-state index in [9.17, 15) is 14.4 Å². The molecule has 7 heteroatoms. The molecule has 1 aromatic carbocycles. The summed E-state index contributed by atoms with van der Waals surface area (Å²) in [4.78, 5) is 34.9. The first-order valence-electron chi connectivity index (χ1n) is 7.80. The Morgan fingerprint density at radius 2 is 1.67 bits per heavy atom. The molecule has 0 aliphatic heterocycles. The molecule has 0 fully saturated rings. The minimum atomic E-state index is -0.576. The molecule has 0 unspecified atom stereocenters. The van der Waals surface area contributed by atoms with E-state index in [-0.39, 0.29) is 18.5 Å². The van der Waals surface area contributed by atoms with E-state index in [0.29, 0.717) is 17.5 Å². The zero-order valence-electron chi connectivity index (χ0n) is 14.5. The van der Waals surface area contributed by atoms with Crippen LogP contribution in [-0.2, 0) is 4.74 Å². The monoisotopic (exact) mass is 335 g/mol. The summed E-state index contributed by atoms with van der Waals surface area (Å²) in [7, 11) is 0. The largest absolute Gasteiger partial charge is 0.444 e. The molecule has 132 valence electrons. The van der Waals surface area contributed by atoms with Crippen molar-refractivity contribution in [2.75, 3.05) is 6.54 Å². The summed E-state index contributed by atoms with van der Waals surface area (Å²) in [6.45, 7) is 7.52. The van der Waals surface area contributed by atoms with Gasteiger partial charge in [0, 0.05) is 23.7 Å². The van der Waals surface area contributed by atoms with E-state index in [2.05, 4.69) is 10.6 Å². The summed E-state index contributed by atoms with van der Waals surface area (Å²) < 4.78 is 5.19. The van der Waals surface area contributed by atoms with Gasteiger partial charge in [-0.15, -0.1) is 0 Å². The van der Waals surface area contributed by atoms with Gasteiger partial charge in [0.15, 0.2) is 0 Å². The molecule has 0 saturated heterocycles. The van der Waals surface area contributed by atoms with Crippen LogP contribution in [0.25, 0.3) is 0 Å². The fraction of sp³-hybridized carbons (Fsp3) is 0.471. The van der Waals surface area contributed by atoms with Crippen molar-refractivity contribution in [2.24, 2.45) is 5.73 Å². The quantitative estimate of drug-likeness (QED) is 0.736. The molecule has 0 aromatic heterocycles. The van der Waals surface area contributed by atoms with Gasteiger partial charge in [-0.1, -0.05) is 6.92 Å². The summed E-state index contributed by atoms with van der Waals surface area (Å²) >= 11 is 0. The lowest BCUT2D eigenvalue weighted by molar-refractivity contribution is 0.0500. The third kappa shape index (κ3) is 6.68. The van der Waals surface area contributed by atoms with Crippen molar-refractivity contribution in [2.45, 2.75) is 45.8 Å². The SMILES string of the molecule is CC[C@@H](CNC(=O)c1ccc(C(N)=O)cc1)NC(=O)OC(C)(C)C. The highest BCUT2D eigenvalue weighted by Crippen LogP contribution is 2.07. The number of carbonyl (C=O) groups is 3. The molecule has 24 heavy (non-hydrogen) atoms. The number of alkyl carbamates (subject to hydrolysis) is 1. The Morgan fingerprint density at radius 3 is 2.12 bits per heavy atom. The highest BCUT2D eigenvalue weighted by atomic mass is 16.6. The van der Waals surface area contributed by atoms with Crippen LogP contribution in [0.15, 0.2) is 24.3 Å². The third-order valence-electron chi connectivity index (χ3n) is 3.15. The second-order valence-corrected chi connectivity index (χ2v) is 6.40. The van der Waals surface area contributed by atoms with Crippen molar-refractivity contribution in [3.8, 4) is 0 Å². The number of primary amides is 1. The average molecular weight is 335 g/mol. The van der Waals surface area contributed by atoms with E-state index in [1.807, 2.05) is 6.92 Å². The predicted octanol–water partition coefficient (Wildman–Crippen LogP) is 1.82. The topological polar surface area (TPSA) is 111 Å². The zero-order chi connectivity index (χ0) is 18.3. The molecular formula is C17H25N3O4. The minimum Gasteiger partial charge on any atom is -0.444 e. The van der Waals surface area contributed by atoms with Gasteiger partial charge in [-0.05, 0) is 51.5 Å². The maximum absolute atomic E-state index is 12.1. The first-order chi connectivity index (χ1) is 11.1. The lowest BCUT2D eigenvalue weighted by Crippen LogP contribution is -2.45. The second kappa shape index (κ2) is 8.33. The van der Waals surface area contributed by atoms with Gasteiger partial charge in [0.05, 0.1) is 0 Å². The number of nitrogens with one attached hydrogen (secondary N) is 2. The first-order valence-corrected chi connectivity index (χ1v) is 7.80. The molecule has 0 spiro atoms. The summed E-state index contributed by atoms with van der Waals surface area (Å²) in [5.74, 6) is -0.843. The molecule has 1 aromatic rings. The van der Waals surface area contributed by atoms with Crippen molar-refractivity contribution in [3.63, 3.8) is 0 Å². The predicted molar refractivity (Wildman–Crippen MR) is 90.7 cm³/mol. The smallest absolute Gasteiger partial charge is 0.407 e. The number of hydrogen-bond acceptors (Lipinski definition) is 4. The normalized spacial score (nSPS) is 12.2. The number of hydrogen-bond donors (Lipinski definition) is 3. The lowest BCUT2D eigenvalue weighted by Gasteiger charge is -2.23. The van der Waals surface area contributed by atoms with E-state index in [1.54, 1.807) is 20.8 Å². The summed E-state index contributed by atoms with van der Waals surface area (Å²) in [5.41, 5.74) is 5.33. The van der Waals surface area contributed by atoms with E-state index in [1.165, 1.54) is 24.3 Å². The Balaban J connectivity index is 2.54. The van der Waals surface area contributed by atoms with Crippen molar-refractivity contribution >= 4 is 17.9 Å². The van der Waals surface area contributed by atoms with Gasteiger partial charge >= 0.3 is 6.09 Å². The summed E-state index contributed by atoms with van der Waals surface area (Å²) in [6.07, 6.45) is 0.120. The van der Waals surface area contributed by atoms with Crippen LogP contribution in [0.5, 0.6) is 0 Å². The van der Waals surface area contributed by atoms with E-state index < -0.39 is 17.6 Å². The highest BCUT2D eigenvalue weighted by molar-refractivity contribution is 5.97. The van der Waals surface area contributed by atoms with Crippen molar-refractivity contribution < 1.29 is 19.1 Å². The molecule has 0 radical (unpaired) electrons. The van der Waals surface area contributed by atoms with Crippen molar-refractivity contribution in [1.82, 2.24) is 10.6 Å². The molecule has 7 nitrogen and oxygen atoms in total. The zero-order valence-corrected chi connectivity index (χ0v) is 14.5. The average Bonchev–Trinajstić information content (AvgIpc) is 2.49. The number of benzene rings is 1. The second-order valence-electron chi connectivity index (χ2n) is 6.40. The molecular weight excluding hydrogens is 310 g/mol. The van der Waals surface area contributed by atoms with Crippen LogP contribution in [0.2, 0.25) is 0 Å². The Labute approximate surface area is 141 Å². The van der Waals surface area contributed by atoms with E-state index in [0.717, 1.165) is 0 Å². The van der Waals surface area contributed by atoms with Gasteiger partial charge in [-0.25, -0.2) is 4.79 Å². The summed E-state index contributed by atoms with van der Waals surface area (Å²) in [5, 5.41) is 5.46. The van der Waals surface area contributed by atoms with Gasteiger partial charge in [0.2, 0.25) is 5.91 Å². The van der Waals surface area contributed by atoms with Crippen molar-refractivity contribution in [1.29, 1.82) is 0 Å². The van der Waals surface area contributed by atoms with E-state index >= 15 is 0 Å². The maximum atomic E-state index is 12.1. The van der Waals surface area contributed by atoms with E-state index in [4.69, 9.17) is 10.5 Å². The fourth-order valence-electron chi connectivity index (χ4n) is 1.88. The molecule has 3 amide bonds. The standard InChI is InChI=1S/C17H25N3O4/c1-5-13(20-16(23)24-17(2,3)4)10-19-15(22)12-8-6-11(7-9-12)14(18)21/h6-9,13H,5,10H2,1-4H3,(H2,18,21)(H,19,22)(H,20,23)/t13-/m0/s1. The number of nitrogens with two attached hydrogens (primary N) is 1. The number of rotatable bonds is 6. The van der Waals surface area contributed by atoms with Crippen LogP contribution in [0.4, 0.5) is 4.79 Å². The van der Waals surface area contributed by atoms with Gasteiger partial charge in [0.25, 0.3) is 5.91 Å². The van der Waals surface area contributed by atoms with Crippen LogP contribution in [0.1, 0.15) is 54.8 Å². The van der Waals surface area contributed by atoms with Crippen LogP contribution in [-0.4, -0.2) is 36.1 Å². The van der Waals surface area contributed by atoms with Gasteiger partial charge in [0.1, 0.15) is 5.60 Å².